The van der Waals surface area contributed by atoms with Crippen molar-refractivity contribution in [2.45, 2.75) is 309 Å². The number of aliphatic hydroxyl groups excluding tert-OH is 2. The molecule has 0 aromatic carbocycles. The Hall–Kier alpha value is -4.83. The third kappa shape index (κ3) is 76.1. The van der Waals surface area contributed by atoms with Gasteiger partial charge in [-0.25, -0.2) is 9.13 Å². The van der Waals surface area contributed by atoms with E-state index >= 15 is 0 Å². The van der Waals surface area contributed by atoms with Crippen LogP contribution in [0.4, 0.5) is 0 Å². The van der Waals surface area contributed by atoms with E-state index < -0.39 is 91.5 Å². The van der Waals surface area contributed by atoms with Gasteiger partial charge in [0, 0.05) is 19.3 Å². The van der Waals surface area contributed by atoms with Crippen LogP contribution in [0.25, 0.3) is 0 Å². The summed E-state index contributed by atoms with van der Waals surface area (Å²) in [4.78, 5) is 58.6. The van der Waals surface area contributed by atoms with Crippen LogP contribution in [0.1, 0.15) is 290 Å². The monoisotopic (exact) mass is 1450 g/mol. The van der Waals surface area contributed by atoms with Crippen molar-refractivity contribution >= 4 is 33.6 Å². The smallest absolute Gasteiger partial charge is 0.463 e. The van der Waals surface area contributed by atoms with Crippen LogP contribution in [0.3, 0.4) is 0 Å². The van der Waals surface area contributed by atoms with Crippen LogP contribution in [0, 0.1) is 0 Å². The lowest BCUT2D eigenvalue weighted by Crippen LogP contribution is -2.30. The van der Waals surface area contributed by atoms with Crippen LogP contribution in [0.5, 0.6) is 0 Å². The highest BCUT2D eigenvalue weighted by Gasteiger charge is 2.29. The second kappa shape index (κ2) is 74.9. The molecule has 4 N–H and O–H groups in total. The van der Waals surface area contributed by atoms with Gasteiger partial charge in [0.1, 0.15) is 25.4 Å². The Balaban J connectivity index is 4.64. The van der Waals surface area contributed by atoms with E-state index in [0.717, 1.165) is 161 Å². The van der Waals surface area contributed by atoms with E-state index in [9.17, 15) is 43.5 Å². The molecule has 5 atom stereocenters. The molecule has 101 heavy (non-hydrogen) atoms. The lowest BCUT2D eigenvalue weighted by Gasteiger charge is -2.21. The molecule has 0 heterocycles. The predicted molar refractivity (Wildman–Crippen MR) is 417 cm³/mol. The highest BCUT2D eigenvalue weighted by molar-refractivity contribution is 7.47. The molecular weight excluding hydrogens is 1310 g/mol. The van der Waals surface area contributed by atoms with E-state index in [1.54, 1.807) is 0 Å². The topological polar surface area (TPSA) is 231 Å². The van der Waals surface area contributed by atoms with Crippen molar-refractivity contribution in [2.75, 3.05) is 39.6 Å². The summed E-state index contributed by atoms with van der Waals surface area (Å²) in [5, 5.41) is 20.6. The molecule has 0 saturated heterocycles. The van der Waals surface area contributed by atoms with Crippen molar-refractivity contribution in [1.29, 1.82) is 0 Å². The average Bonchev–Trinajstić information content (AvgIpc) is 0.974. The molecule has 0 saturated carbocycles. The molecule has 0 aromatic heterocycles. The normalized spacial score (nSPS) is 14.9. The zero-order valence-corrected chi connectivity index (χ0v) is 64.6. The number of hydrogen-bond acceptors (Lipinski definition) is 14. The fraction of sp³-hybridized carbons (Fsp3) is 0.651. The number of aliphatic hydroxyl groups is 2. The third-order valence-corrected chi connectivity index (χ3v) is 17.6. The Bertz CT molecular complexity index is 2470. The zero-order valence-electron chi connectivity index (χ0n) is 62.8. The van der Waals surface area contributed by atoms with Crippen LogP contribution in [0.15, 0.2) is 158 Å². The van der Waals surface area contributed by atoms with Gasteiger partial charge in [-0.1, -0.05) is 281 Å². The van der Waals surface area contributed by atoms with Gasteiger partial charge in [-0.2, -0.15) is 0 Å². The Labute approximate surface area is 612 Å². The molecule has 0 aromatic rings. The summed E-state index contributed by atoms with van der Waals surface area (Å²) in [6.45, 7) is 2.36. The summed E-state index contributed by atoms with van der Waals surface area (Å²) in [5.74, 6) is -1.63. The predicted octanol–water partition coefficient (Wildman–Crippen LogP) is 22.6. The highest BCUT2D eigenvalue weighted by atomic mass is 31.2. The van der Waals surface area contributed by atoms with Gasteiger partial charge in [0.15, 0.2) is 6.10 Å². The van der Waals surface area contributed by atoms with Gasteiger partial charge in [0.05, 0.1) is 26.4 Å². The lowest BCUT2D eigenvalue weighted by molar-refractivity contribution is -0.161. The van der Waals surface area contributed by atoms with Crippen molar-refractivity contribution in [3.63, 3.8) is 0 Å². The van der Waals surface area contributed by atoms with E-state index in [2.05, 4.69) is 179 Å². The molecule has 18 heteroatoms. The number of carbonyl (C=O) groups is 3. The SMILES string of the molecule is CC/C=C\C/C=C\C/C=C\C/C=C\C/C=C\CCCCCCCCCCCCCC(=O)OCC(O)COP(=O)(O)OCC(O)COP(=O)(O)OCC(COC(=O)CCCCCCC/C=C\C/C=C\C/C=C\C/C=C\CCCCC)OC(=O)CCCCCC/C=C\C/C=C\C/C=C\C/C=C\CC. The molecule has 0 aliphatic rings. The van der Waals surface area contributed by atoms with Gasteiger partial charge in [0.25, 0.3) is 0 Å². The maximum absolute atomic E-state index is 13.0. The van der Waals surface area contributed by atoms with Crippen molar-refractivity contribution in [3.05, 3.63) is 158 Å². The standard InChI is InChI=1S/C83H138O16P2/c1-4-7-10-13-16-19-22-25-28-31-33-35-36-37-38-39-40-42-44-46-48-51-54-57-60-63-66-69-81(86)93-72-78(84)73-95-100(89,90)96-74-79(85)75-97-101(91,92)98-77-80(99-83(88)71-68-65-62-59-56-53-50-45-30-27-24-21-18-15-12-9-6-3)76-94-82(87)70-67-64-61-58-55-52-49-47-43-41-34-32-29-26-23-20-17-14-11-8-5-2/h7,9-10,12,16-21,25-30,33-35,37-38,41,47,49-50,53,78-80,84-85H,4-6,8,11,13-15,22-24,31-32,36,39-40,42-46,48,51-52,54-77H2,1-3H3,(H,89,90)(H,91,92)/b10-7-,12-9-,19-16-,20-17-,21-18-,28-25-,29-26-,30-27-,35-33-,38-37-,41-34-,49-47-,53-50-. The first-order chi connectivity index (χ1) is 49.2. The molecule has 16 nitrogen and oxygen atoms in total. The molecular formula is C83H138O16P2. The molecule has 0 aliphatic heterocycles. The first-order valence-electron chi connectivity index (χ1n) is 38.8. The second-order valence-corrected chi connectivity index (χ2v) is 28.3. The highest BCUT2D eigenvalue weighted by Crippen LogP contribution is 2.45. The minimum absolute atomic E-state index is 0.0670. The minimum atomic E-state index is -4.95. The summed E-state index contributed by atoms with van der Waals surface area (Å²) < 4.78 is 61.1. The molecule has 0 radical (unpaired) electrons. The van der Waals surface area contributed by atoms with E-state index in [0.29, 0.717) is 19.3 Å². The summed E-state index contributed by atoms with van der Waals surface area (Å²) in [6.07, 6.45) is 92.8. The molecule has 5 unspecified atom stereocenters. The van der Waals surface area contributed by atoms with Crippen LogP contribution in [-0.2, 0) is 55.8 Å². The van der Waals surface area contributed by atoms with Gasteiger partial charge in [0.2, 0.25) is 0 Å². The van der Waals surface area contributed by atoms with Crippen LogP contribution in [0.2, 0.25) is 0 Å². The largest absolute Gasteiger partial charge is 0.472 e. The molecule has 0 spiro atoms. The first-order valence-corrected chi connectivity index (χ1v) is 41.8. The van der Waals surface area contributed by atoms with Crippen LogP contribution >= 0.6 is 15.6 Å². The van der Waals surface area contributed by atoms with Crippen molar-refractivity contribution < 1.29 is 75.8 Å². The number of phosphoric acid groups is 2. The average molecular weight is 1450 g/mol. The number of hydrogen-bond donors (Lipinski definition) is 4. The maximum Gasteiger partial charge on any atom is 0.472 e. The molecule has 0 aliphatic carbocycles. The van der Waals surface area contributed by atoms with Gasteiger partial charge in [-0.05, 0) is 148 Å². The zero-order chi connectivity index (χ0) is 73.7. The summed E-state index contributed by atoms with van der Waals surface area (Å²) in [5.41, 5.74) is 0. The summed E-state index contributed by atoms with van der Waals surface area (Å²) >= 11 is 0. The van der Waals surface area contributed by atoms with Crippen molar-refractivity contribution in [2.24, 2.45) is 0 Å². The molecule has 0 bridgehead atoms. The number of unbranched alkanes of at least 4 members (excludes halogenated alkanes) is 23. The van der Waals surface area contributed by atoms with Crippen molar-refractivity contribution in [3.8, 4) is 0 Å². The first kappa shape index (κ1) is 96.2. The Morgan fingerprint density at radius 2 is 0.525 bits per heavy atom. The molecule has 0 rings (SSSR count). The third-order valence-electron chi connectivity index (χ3n) is 15.7. The Morgan fingerprint density at radius 1 is 0.287 bits per heavy atom. The van der Waals surface area contributed by atoms with E-state index in [1.807, 2.05) is 0 Å². The van der Waals surface area contributed by atoms with E-state index in [4.69, 9.17) is 32.3 Å². The number of ether oxygens (including phenoxy) is 3. The van der Waals surface area contributed by atoms with Gasteiger partial charge >= 0.3 is 33.6 Å². The number of allylic oxidation sites excluding steroid dienone is 26. The lowest BCUT2D eigenvalue weighted by atomic mass is 10.0. The van der Waals surface area contributed by atoms with Crippen molar-refractivity contribution in [1.82, 2.24) is 0 Å². The van der Waals surface area contributed by atoms with Crippen LogP contribution < -0.4 is 0 Å². The fourth-order valence-electron chi connectivity index (χ4n) is 9.87. The van der Waals surface area contributed by atoms with Gasteiger partial charge in [-0.3, -0.25) is 32.5 Å². The number of carbonyl (C=O) groups excluding carboxylic acids is 3. The summed E-state index contributed by atoms with van der Waals surface area (Å²) in [7, 11) is -9.81. The molecule has 0 fully saturated rings. The molecule has 576 valence electrons. The maximum atomic E-state index is 13.0. The van der Waals surface area contributed by atoms with E-state index in [1.165, 1.54) is 70.6 Å². The van der Waals surface area contributed by atoms with E-state index in [-0.39, 0.29) is 19.3 Å². The number of phosphoric ester groups is 2. The molecule has 0 amide bonds. The Morgan fingerprint density at radius 3 is 0.832 bits per heavy atom. The number of esters is 3. The quantitative estimate of drug-likeness (QED) is 0.0146. The fourth-order valence-corrected chi connectivity index (χ4v) is 11.5. The Kier molecular flexibility index (Phi) is 71.3. The second-order valence-electron chi connectivity index (χ2n) is 25.4. The minimum Gasteiger partial charge on any atom is -0.463 e. The van der Waals surface area contributed by atoms with Gasteiger partial charge < -0.3 is 34.2 Å². The van der Waals surface area contributed by atoms with Crippen LogP contribution in [-0.4, -0.2) is 95.9 Å². The number of rotatable bonds is 72. The summed E-state index contributed by atoms with van der Waals surface area (Å²) in [6, 6.07) is 0. The van der Waals surface area contributed by atoms with Gasteiger partial charge in [-0.15, -0.1) is 0 Å².